The van der Waals surface area contributed by atoms with Crippen molar-refractivity contribution in [3.63, 3.8) is 0 Å². The van der Waals surface area contributed by atoms with Crippen LogP contribution in [-0.4, -0.2) is 43.5 Å². The molecule has 1 aliphatic heterocycles. The van der Waals surface area contributed by atoms with Crippen LogP contribution in [-0.2, 0) is 9.59 Å². The van der Waals surface area contributed by atoms with Gasteiger partial charge >= 0.3 is 0 Å². The van der Waals surface area contributed by atoms with E-state index in [-0.39, 0.29) is 6.61 Å². The zero-order valence-corrected chi connectivity index (χ0v) is 16.7. The molecule has 2 amide bonds. The molecule has 0 aliphatic carbocycles. The molecule has 28 heavy (non-hydrogen) atoms. The molecule has 0 fully saturated rings. The molecule has 2 aromatic rings. The maximum Gasteiger partial charge on any atom is 0.272 e. The van der Waals surface area contributed by atoms with Crippen LogP contribution in [0.2, 0.25) is 0 Å². The number of anilines is 1. The van der Waals surface area contributed by atoms with Crippen LogP contribution in [0, 0.1) is 6.92 Å². The normalized spacial score (nSPS) is 14.1. The van der Waals surface area contributed by atoms with Gasteiger partial charge in [-0.3, -0.25) is 9.59 Å². The van der Waals surface area contributed by atoms with Gasteiger partial charge in [-0.15, -0.1) is 11.8 Å². The summed E-state index contributed by atoms with van der Waals surface area (Å²) in [6.07, 6.45) is 0. The summed E-state index contributed by atoms with van der Waals surface area (Å²) in [6.45, 7) is 1.84. The first-order chi connectivity index (χ1) is 13.5. The number of rotatable bonds is 7. The lowest BCUT2D eigenvalue weighted by atomic mass is 10.1. The summed E-state index contributed by atoms with van der Waals surface area (Å²) in [7, 11) is 3.04. The highest BCUT2D eigenvalue weighted by molar-refractivity contribution is 8.04. The van der Waals surface area contributed by atoms with Crippen LogP contribution in [0.3, 0.4) is 0 Å². The number of nitrogens with zero attached hydrogens (tertiary/aromatic N) is 1. The number of carbonyl (C=O) groups excluding carboxylic acids is 2. The Balaban J connectivity index is 2.09. The molecule has 0 spiro atoms. The summed E-state index contributed by atoms with van der Waals surface area (Å²) < 4.78 is 10.6. The number of carbonyl (C=O) groups is 2. The zero-order chi connectivity index (χ0) is 20.3. The summed E-state index contributed by atoms with van der Waals surface area (Å²) in [5, 5.41) is 9.21. The number of benzene rings is 2. The van der Waals surface area contributed by atoms with E-state index in [1.807, 2.05) is 19.1 Å². The smallest absolute Gasteiger partial charge is 0.272 e. The molecule has 6 nitrogen and oxygen atoms in total. The van der Waals surface area contributed by atoms with Crippen molar-refractivity contribution in [3.05, 3.63) is 58.5 Å². The number of aryl methyl sites for hydroxylation is 1. The minimum absolute atomic E-state index is 0.0978. The van der Waals surface area contributed by atoms with Gasteiger partial charge in [0.25, 0.3) is 11.8 Å². The lowest BCUT2D eigenvalue weighted by Gasteiger charge is -2.15. The molecule has 0 bridgehead atoms. The Morgan fingerprint density at radius 1 is 0.964 bits per heavy atom. The Kier molecular flexibility index (Phi) is 6.06. The van der Waals surface area contributed by atoms with E-state index in [4.69, 9.17) is 9.47 Å². The van der Waals surface area contributed by atoms with Crippen molar-refractivity contribution in [2.45, 2.75) is 6.92 Å². The molecule has 146 valence electrons. The quantitative estimate of drug-likeness (QED) is 0.722. The maximum absolute atomic E-state index is 13.2. The van der Waals surface area contributed by atoms with E-state index in [9.17, 15) is 14.7 Å². The minimum Gasteiger partial charge on any atom is -0.493 e. The first kappa shape index (κ1) is 20.0. The average Bonchev–Trinajstić information content (AvgIpc) is 2.96. The number of ether oxygens (including phenoxy) is 2. The third-order valence-corrected chi connectivity index (χ3v) is 5.40. The van der Waals surface area contributed by atoms with Gasteiger partial charge in [0.2, 0.25) is 0 Å². The van der Waals surface area contributed by atoms with Gasteiger partial charge in [0.1, 0.15) is 0 Å². The Morgan fingerprint density at radius 2 is 1.64 bits per heavy atom. The van der Waals surface area contributed by atoms with Gasteiger partial charge in [0.05, 0.1) is 37.0 Å². The summed E-state index contributed by atoms with van der Waals surface area (Å²) in [5.74, 6) is 0.516. The van der Waals surface area contributed by atoms with Crippen LogP contribution in [0.25, 0.3) is 5.57 Å². The van der Waals surface area contributed by atoms with Gasteiger partial charge in [-0.25, -0.2) is 4.90 Å². The van der Waals surface area contributed by atoms with Crippen LogP contribution < -0.4 is 14.4 Å². The Bertz CT molecular complexity index is 936. The Hall–Kier alpha value is -2.77. The highest BCUT2D eigenvalue weighted by atomic mass is 32.2. The second-order valence-corrected chi connectivity index (χ2v) is 7.23. The predicted molar refractivity (Wildman–Crippen MR) is 110 cm³/mol. The van der Waals surface area contributed by atoms with Gasteiger partial charge in [-0.05, 0) is 36.8 Å². The van der Waals surface area contributed by atoms with Crippen molar-refractivity contribution in [1.82, 2.24) is 0 Å². The fourth-order valence-electron chi connectivity index (χ4n) is 2.97. The second kappa shape index (κ2) is 8.50. The third-order valence-electron chi connectivity index (χ3n) is 4.34. The largest absolute Gasteiger partial charge is 0.493 e. The summed E-state index contributed by atoms with van der Waals surface area (Å²) in [6, 6.07) is 12.3. The van der Waals surface area contributed by atoms with E-state index in [0.29, 0.717) is 39.0 Å². The van der Waals surface area contributed by atoms with Crippen LogP contribution in [0.1, 0.15) is 11.1 Å². The van der Waals surface area contributed by atoms with Crippen LogP contribution in [0.5, 0.6) is 11.5 Å². The highest BCUT2D eigenvalue weighted by Gasteiger charge is 2.40. The summed E-state index contributed by atoms with van der Waals surface area (Å²) in [5.41, 5.74) is 2.40. The molecule has 0 saturated carbocycles. The van der Waals surface area contributed by atoms with Gasteiger partial charge in [0, 0.05) is 5.75 Å². The van der Waals surface area contributed by atoms with Crippen molar-refractivity contribution >= 4 is 34.8 Å². The predicted octanol–water partition coefficient (Wildman–Crippen LogP) is 3.02. The molecule has 0 radical (unpaired) electrons. The van der Waals surface area contributed by atoms with E-state index >= 15 is 0 Å². The molecule has 1 N–H and O–H groups in total. The Labute approximate surface area is 167 Å². The zero-order valence-electron chi connectivity index (χ0n) is 15.9. The van der Waals surface area contributed by atoms with Crippen molar-refractivity contribution < 1.29 is 24.2 Å². The third kappa shape index (κ3) is 3.63. The molecule has 0 saturated heterocycles. The number of amides is 2. The number of aliphatic hydroxyl groups is 1. The fraction of sp³-hybridized carbons (Fsp3) is 0.238. The molecule has 0 unspecified atom stereocenters. The monoisotopic (exact) mass is 399 g/mol. The molecular weight excluding hydrogens is 378 g/mol. The lowest BCUT2D eigenvalue weighted by molar-refractivity contribution is -0.119. The highest BCUT2D eigenvalue weighted by Crippen LogP contribution is 2.40. The SMILES string of the molecule is COc1ccc(C2=C(SCCO)C(=O)N(c3ccc(C)cc3)C2=O)cc1OC. The van der Waals surface area contributed by atoms with Crippen molar-refractivity contribution in [2.75, 3.05) is 31.5 Å². The molecule has 1 heterocycles. The molecule has 3 rings (SSSR count). The number of methoxy groups -OCH3 is 2. The fourth-order valence-corrected chi connectivity index (χ4v) is 3.83. The molecule has 0 aromatic heterocycles. The number of imide groups is 1. The van der Waals surface area contributed by atoms with Crippen molar-refractivity contribution in [3.8, 4) is 11.5 Å². The van der Waals surface area contributed by atoms with Crippen LogP contribution in [0.4, 0.5) is 5.69 Å². The van der Waals surface area contributed by atoms with Crippen molar-refractivity contribution in [2.24, 2.45) is 0 Å². The standard InChI is InChI=1S/C21H21NO5S/c1-13-4-7-15(8-5-13)22-20(24)18(19(21(22)25)28-11-10-23)14-6-9-16(26-2)17(12-14)27-3/h4-9,12,23H,10-11H2,1-3H3. The van der Waals surface area contributed by atoms with E-state index in [0.717, 1.165) is 5.56 Å². The van der Waals surface area contributed by atoms with Crippen LogP contribution in [0.15, 0.2) is 47.4 Å². The number of aliphatic hydroxyl groups excluding tert-OH is 1. The number of hydrogen-bond acceptors (Lipinski definition) is 6. The Morgan fingerprint density at radius 3 is 2.25 bits per heavy atom. The topological polar surface area (TPSA) is 76.1 Å². The van der Waals surface area contributed by atoms with Gasteiger partial charge in [-0.1, -0.05) is 23.8 Å². The summed E-state index contributed by atoms with van der Waals surface area (Å²) >= 11 is 1.17. The van der Waals surface area contributed by atoms with Gasteiger partial charge in [-0.2, -0.15) is 0 Å². The average molecular weight is 399 g/mol. The number of hydrogen-bond donors (Lipinski definition) is 1. The molecule has 2 aromatic carbocycles. The van der Waals surface area contributed by atoms with Gasteiger partial charge in [0.15, 0.2) is 11.5 Å². The molecule has 1 aliphatic rings. The van der Waals surface area contributed by atoms with Crippen molar-refractivity contribution in [1.29, 1.82) is 0 Å². The molecule has 7 heteroatoms. The first-order valence-corrected chi connectivity index (χ1v) is 9.66. The molecular formula is C21H21NO5S. The minimum atomic E-state index is -0.401. The van der Waals surface area contributed by atoms with E-state index in [1.54, 1.807) is 30.3 Å². The lowest BCUT2D eigenvalue weighted by Crippen LogP contribution is -2.31. The second-order valence-electron chi connectivity index (χ2n) is 6.13. The van der Waals surface area contributed by atoms with E-state index in [1.165, 1.54) is 30.9 Å². The summed E-state index contributed by atoms with van der Waals surface area (Å²) in [4.78, 5) is 27.8. The molecule has 0 atom stereocenters. The van der Waals surface area contributed by atoms with Crippen LogP contribution >= 0.6 is 11.8 Å². The van der Waals surface area contributed by atoms with E-state index in [2.05, 4.69) is 0 Å². The first-order valence-electron chi connectivity index (χ1n) is 8.67. The van der Waals surface area contributed by atoms with E-state index < -0.39 is 11.8 Å². The maximum atomic E-state index is 13.2. The van der Waals surface area contributed by atoms with Gasteiger partial charge < -0.3 is 14.6 Å². The number of thioether (sulfide) groups is 1.